The molecule has 1 N–H and O–H groups in total. The van der Waals surface area contributed by atoms with Crippen LogP contribution in [0.25, 0.3) is 0 Å². The molecule has 2 amide bonds. The molecule has 0 radical (unpaired) electrons. The molecule has 1 aliphatic carbocycles. The summed E-state index contributed by atoms with van der Waals surface area (Å²) in [6.45, 7) is 7.66. The minimum atomic E-state index is -0.353. The van der Waals surface area contributed by atoms with Crippen molar-refractivity contribution in [2.45, 2.75) is 46.1 Å². The summed E-state index contributed by atoms with van der Waals surface area (Å²) in [7, 11) is 0. The van der Waals surface area contributed by atoms with Crippen molar-refractivity contribution in [1.82, 2.24) is 4.90 Å². The summed E-state index contributed by atoms with van der Waals surface area (Å²) in [6, 6.07) is 10.7. The van der Waals surface area contributed by atoms with Gasteiger partial charge in [-0.05, 0) is 54.4 Å². The molecule has 1 aliphatic heterocycles. The lowest BCUT2D eigenvalue weighted by Crippen LogP contribution is -2.38. The van der Waals surface area contributed by atoms with E-state index in [2.05, 4.69) is 26.1 Å². The predicted octanol–water partition coefficient (Wildman–Crippen LogP) is 4.57. The average Bonchev–Trinajstić information content (AvgIpc) is 3.20. The van der Waals surface area contributed by atoms with E-state index in [0.29, 0.717) is 11.3 Å². The van der Waals surface area contributed by atoms with Crippen molar-refractivity contribution < 1.29 is 14.0 Å². The summed E-state index contributed by atoms with van der Waals surface area (Å²) in [5, 5.41) is 2.82. The minimum Gasteiger partial charge on any atom is -0.459 e. The standard InChI is InChI=1S/C22H26N2O3/c1-21(2)11-15-12-22(3,13-21)14-24(15)20(26)16-7-4-5-8-17(16)23-19(25)18-9-6-10-27-18/h4-10,15H,11-14H2,1-3H3,(H,23,25). The molecule has 2 aromatic rings. The first-order valence-electron chi connectivity index (χ1n) is 9.51. The normalized spacial score (nSPS) is 26.0. The third-order valence-electron chi connectivity index (χ3n) is 5.83. The number of anilines is 1. The molecule has 1 saturated heterocycles. The van der Waals surface area contributed by atoms with Crippen LogP contribution in [0, 0.1) is 10.8 Å². The molecule has 2 heterocycles. The van der Waals surface area contributed by atoms with E-state index in [-0.39, 0.29) is 34.4 Å². The molecule has 2 bridgehead atoms. The number of furan rings is 1. The number of fused-ring (bicyclic) bond motifs is 2. The lowest BCUT2D eigenvalue weighted by molar-refractivity contribution is 0.0709. The number of nitrogens with zero attached hydrogens (tertiary/aromatic N) is 1. The second-order valence-corrected chi connectivity index (χ2v) is 9.12. The van der Waals surface area contributed by atoms with Gasteiger partial charge < -0.3 is 14.6 Å². The predicted molar refractivity (Wildman–Crippen MR) is 104 cm³/mol. The largest absolute Gasteiger partial charge is 0.459 e. The molecule has 2 atom stereocenters. The summed E-state index contributed by atoms with van der Waals surface area (Å²) < 4.78 is 5.15. The zero-order chi connectivity index (χ0) is 19.2. The number of hydrogen-bond donors (Lipinski definition) is 1. The van der Waals surface area contributed by atoms with Gasteiger partial charge in [0.2, 0.25) is 0 Å². The van der Waals surface area contributed by atoms with Gasteiger partial charge in [0.15, 0.2) is 5.76 Å². The Morgan fingerprint density at radius 2 is 1.89 bits per heavy atom. The number of nitrogens with one attached hydrogen (secondary N) is 1. The molecule has 2 aliphatic rings. The van der Waals surface area contributed by atoms with E-state index >= 15 is 0 Å². The fraction of sp³-hybridized carbons (Fsp3) is 0.455. The Morgan fingerprint density at radius 1 is 1.11 bits per heavy atom. The lowest BCUT2D eigenvalue weighted by Gasteiger charge is -2.39. The van der Waals surface area contributed by atoms with Crippen LogP contribution in [0.1, 0.15) is 60.9 Å². The summed E-state index contributed by atoms with van der Waals surface area (Å²) >= 11 is 0. The molecule has 1 saturated carbocycles. The number of rotatable bonds is 3. The van der Waals surface area contributed by atoms with Gasteiger partial charge >= 0.3 is 0 Å². The molecule has 4 rings (SSSR count). The number of benzene rings is 1. The number of carbonyl (C=O) groups excluding carboxylic acids is 2. The van der Waals surface area contributed by atoms with Crippen molar-refractivity contribution in [3.63, 3.8) is 0 Å². The smallest absolute Gasteiger partial charge is 0.291 e. The van der Waals surface area contributed by atoms with Crippen molar-refractivity contribution in [2.24, 2.45) is 10.8 Å². The quantitative estimate of drug-likeness (QED) is 0.865. The van der Waals surface area contributed by atoms with Gasteiger partial charge in [0.1, 0.15) is 0 Å². The van der Waals surface area contributed by atoms with Crippen molar-refractivity contribution >= 4 is 17.5 Å². The second-order valence-electron chi connectivity index (χ2n) is 9.12. The molecule has 2 fully saturated rings. The van der Waals surface area contributed by atoms with Gasteiger partial charge in [0, 0.05) is 12.6 Å². The number of likely N-dealkylation sites (tertiary alicyclic amines) is 1. The van der Waals surface area contributed by atoms with Crippen molar-refractivity contribution in [1.29, 1.82) is 0 Å². The maximum absolute atomic E-state index is 13.4. The number of hydrogen-bond acceptors (Lipinski definition) is 3. The Bertz CT molecular complexity index is 871. The van der Waals surface area contributed by atoms with Crippen LogP contribution in [0.2, 0.25) is 0 Å². The third kappa shape index (κ3) is 3.38. The maximum Gasteiger partial charge on any atom is 0.291 e. The monoisotopic (exact) mass is 366 g/mol. The highest BCUT2D eigenvalue weighted by Gasteiger charge is 2.51. The Balaban J connectivity index is 1.59. The maximum atomic E-state index is 13.4. The molecule has 1 aromatic heterocycles. The molecule has 27 heavy (non-hydrogen) atoms. The Kier molecular flexibility index (Phi) is 4.13. The summed E-state index contributed by atoms with van der Waals surface area (Å²) in [5.74, 6) is -0.131. The zero-order valence-corrected chi connectivity index (χ0v) is 16.1. The summed E-state index contributed by atoms with van der Waals surface area (Å²) in [4.78, 5) is 27.8. The van der Waals surface area contributed by atoms with Crippen LogP contribution in [0.3, 0.4) is 0 Å². The zero-order valence-electron chi connectivity index (χ0n) is 16.1. The van der Waals surface area contributed by atoms with E-state index in [1.807, 2.05) is 17.0 Å². The average molecular weight is 366 g/mol. The molecule has 5 heteroatoms. The van der Waals surface area contributed by atoms with Crippen molar-refractivity contribution in [3.8, 4) is 0 Å². The second kappa shape index (κ2) is 6.25. The molecule has 1 aromatic carbocycles. The van der Waals surface area contributed by atoms with E-state index in [0.717, 1.165) is 25.8 Å². The first-order valence-corrected chi connectivity index (χ1v) is 9.51. The fourth-order valence-electron chi connectivity index (χ4n) is 5.22. The molecular weight excluding hydrogens is 340 g/mol. The van der Waals surface area contributed by atoms with Crippen LogP contribution in [0.5, 0.6) is 0 Å². The summed E-state index contributed by atoms with van der Waals surface area (Å²) in [6.07, 6.45) is 4.67. The van der Waals surface area contributed by atoms with E-state index in [4.69, 9.17) is 4.42 Å². The molecule has 5 nitrogen and oxygen atoms in total. The van der Waals surface area contributed by atoms with Gasteiger partial charge in [0.05, 0.1) is 17.5 Å². The Labute approximate surface area is 159 Å². The van der Waals surface area contributed by atoms with Crippen LogP contribution in [0.4, 0.5) is 5.69 Å². The minimum absolute atomic E-state index is 0.00299. The van der Waals surface area contributed by atoms with Crippen LogP contribution in [-0.4, -0.2) is 29.3 Å². The van der Waals surface area contributed by atoms with Gasteiger partial charge in [-0.25, -0.2) is 0 Å². The van der Waals surface area contributed by atoms with E-state index in [1.165, 1.54) is 6.26 Å². The highest BCUT2D eigenvalue weighted by atomic mass is 16.3. The topological polar surface area (TPSA) is 62.6 Å². The summed E-state index contributed by atoms with van der Waals surface area (Å²) in [5.41, 5.74) is 1.48. The third-order valence-corrected chi connectivity index (χ3v) is 5.83. The van der Waals surface area contributed by atoms with Gasteiger partial charge in [-0.15, -0.1) is 0 Å². The number of amides is 2. The highest BCUT2D eigenvalue weighted by molar-refractivity contribution is 6.08. The highest BCUT2D eigenvalue weighted by Crippen LogP contribution is 2.52. The number of para-hydroxylation sites is 1. The van der Waals surface area contributed by atoms with E-state index < -0.39 is 0 Å². The Hall–Kier alpha value is -2.56. The molecule has 0 spiro atoms. The molecular formula is C22H26N2O3. The van der Waals surface area contributed by atoms with Crippen molar-refractivity contribution in [3.05, 3.63) is 54.0 Å². The van der Waals surface area contributed by atoms with Gasteiger partial charge in [-0.2, -0.15) is 0 Å². The lowest BCUT2D eigenvalue weighted by atomic mass is 9.65. The first-order chi connectivity index (χ1) is 12.8. The van der Waals surface area contributed by atoms with Crippen LogP contribution >= 0.6 is 0 Å². The van der Waals surface area contributed by atoms with Crippen molar-refractivity contribution in [2.75, 3.05) is 11.9 Å². The SMILES string of the molecule is CC1(C)CC2CC(C)(CN2C(=O)c2ccccc2NC(=O)c2ccco2)C1. The van der Waals surface area contributed by atoms with Gasteiger partial charge in [0.25, 0.3) is 11.8 Å². The first kappa shape index (κ1) is 17.8. The number of carbonyl (C=O) groups is 2. The molecule has 2 unspecified atom stereocenters. The van der Waals surface area contributed by atoms with E-state index in [1.54, 1.807) is 24.3 Å². The van der Waals surface area contributed by atoms with Gasteiger partial charge in [-0.1, -0.05) is 32.9 Å². The van der Waals surface area contributed by atoms with Crippen LogP contribution in [0.15, 0.2) is 47.1 Å². The fourth-order valence-corrected chi connectivity index (χ4v) is 5.22. The van der Waals surface area contributed by atoms with Gasteiger partial charge in [-0.3, -0.25) is 9.59 Å². The van der Waals surface area contributed by atoms with E-state index in [9.17, 15) is 9.59 Å². The van der Waals surface area contributed by atoms with Crippen LogP contribution < -0.4 is 5.32 Å². The molecule has 142 valence electrons. The van der Waals surface area contributed by atoms with Crippen LogP contribution in [-0.2, 0) is 0 Å². The Morgan fingerprint density at radius 3 is 2.63 bits per heavy atom.